The summed E-state index contributed by atoms with van der Waals surface area (Å²) >= 11 is 1.33. The molecular weight excluding hydrogens is 356 g/mol. The minimum absolute atomic E-state index is 0.119. The molecule has 0 spiro atoms. The Bertz CT molecular complexity index is 917. The third kappa shape index (κ3) is 3.41. The summed E-state index contributed by atoms with van der Waals surface area (Å²) in [5, 5.41) is 1.91. The van der Waals surface area contributed by atoms with Gasteiger partial charge in [-0.1, -0.05) is 32.9 Å². The second-order valence-corrected chi connectivity index (χ2v) is 10.2. The second kappa shape index (κ2) is 6.20. The van der Waals surface area contributed by atoms with E-state index in [9.17, 15) is 9.59 Å². The molecule has 1 aliphatic carbocycles. The molecule has 1 saturated carbocycles. The maximum atomic E-state index is 13.3. The van der Waals surface area contributed by atoms with Crippen molar-refractivity contribution in [2.75, 3.05) is 6.54 Å². The van der Waals surface area contributed by atoms with Gasteiger partial charge in [0.15, 0.2) is 0 Å². The monoisotopic (exact) mass is 382 g/mol. The zero-order chi connectivity index (χ0) is 19.4. The third-order valence-corrected chi connectivity index (χ3v) is 6.91. The van der Waals surface area contributed by atoms with Crippen molar-refractivity contribution in [2.24, 2.45) is 16.6 Å². The Labute approximate surface area is 164 Å². The molecule has 1 aromatic heterocycles. The van der Waals surface area contributed by atoms with Gasteiger partial charge in [-0.25, -0.2) is 0 Å². The van der Waals surface area contributed by atoms with Gasteiger partial charge in [0, 0.05) is 18.2 Å². The van der Waals surface area contributed by atoms with Crippen molar-refractivity contribution in [3.05, 3.63) is 46.2 Å². The van der Waals surface area contributed by atoms with Crippen LogP contribution in [0.15, 0.2) is 35.7 Å². The Hall–Kier alpha value is -2.14. The molecule has 2 aliphatic rings. The first-order valence-corrected chi connectivity index (χ1v) is 10.3. The van der Waals surface area contributed by atoms with Crippen LogP contribution in [0.2, 0.25) is 0 Å². The number of likely N-dealkylation sites (tertiary alicyclic amines) is 1. The third-order valence-electron chi connectivity index (χ3n) is 5.96. The zero-order valence-electron chi connectivity index (χ0n) is 16.1. The number of benzene rings is 1. The quantitative estimate of drug-likeness (QED) is 0.846. The number of carbonyl (C=O) groups is 2. The molecule has 2 bridgehead atoms. The Kier molecular flexibility index (Phi) is 4.18. The molecule has 142 valence electrons. The van der Waals surface area contributed by atoms with E-state index in [1.807, 2.05) is 29.6 Å². The maximum Gasteiger partial charge on any atom is 0.258 e. The van der Waals surface area contributed by atoms with Gasteiger partial charge in [-0.15, -0.1) is 11.3 Å². The number of carbonyl (C=O) groups excluding carboxylic acids is 2. The average Bonchev–Trinajstić information content (AvgIpc) is 3.16. The number of fused-ring (bicyclic) bond motifs is 2. The van der Waals surface area contributed by atoms with Crippen LogP contribution >= 0.6 is 11.3 Å². The molecule has 1 aromatic carbocycles. The van der Waals surface area contributed by atoms with Crippen molar-refractivity contribution in [3.63, 3.8) is 0 Å². The largest absolute Gasteiger partial charge is 0.365 e. The van der Waals surface area contributed by atoms with Crippen molar-refractivity contribution in [2.45, 2.75) is 46.1 Å². The number of amides is 2. The van der Waals surface area contributed by atoms with Crippen LogP contribution in [-0.2, 0) is 0 Å². The lowest BCUT2D eigenvalue weighted by Gasteiger charge is -2.39. The van der Waals surface area contributed by atoms with E-state index < -0.39 is 5.91 Å². The molecule has 2 heterocycles. The van der Waals surface area contributed by atoms with Gasteiger partial charge in [0.2, 0.25) is 0 Å². The van der Waals surface area contributed by atoms with E-state index in [2.05, 4.69) is 25.7 Å². The van der Waals surface area contributed by atoms with E-state index in [0.717, 1.165) is 30.5 Å². The summed E-state index contributed by atoms with van der Waals surface area (Å²) in [6, 6.07) is 9.84. The average molecular weight is 383 g/mol. The minimum Gasteiger partial charge on any atom is -0.365 e. The molecule has 1 aliphatic heterocycles. The van der Waals surface area contributed by atoms with Crippen LogP contribution < -0.4 is 5.73 Å². The number of hydrogen-bond donors (Lipinski definition) is 1. The molecule has 4 rings (SSSR count). The topological polar surface area (TPSA) is 63.4 Å². The summed E-state index contributed by atoms with van der Waals surface area (Å²) in [4.78, 5) is 27.3. The Morgan fingerprint density at radius 1 is 1.15 bits per heavy atom. The van der Waals surface area contributed by atoms with Crippen LogP contribution in [0.5, 0.6) is 0 Å². The van der Waals surface area contributed by atoms with Crippen molar-refractivity contribution < 1.29 is 9.59 Å². The number of primary amides is 1. The fourth-order valence-electron chi connectivity index (χ4n) is 5.31. The van der Waals surface area contributed by atoms with Gasteiger partial charge < -0.3 is 10.6 Å². The van der Waals surface area contributed by atoms with Crippen LogP contribution in [0.3, 0.4) is 0 Å². The van der Waals surface area contributed by atoms with Gasteiger partial charge in [-0.3, -0.25) is 9.59 Å². The molecule has 2 amide bonds. The van der Waals surface area contributed by atoms with Crippen LogP contribution in [-0.4, -0.2) is 29.3 Å². The number of nitrogens with zero attached hydrogens (tertiary/aromatic N) is 1. The van der Waals surface area contributed by atoms with Gasteiger partial charge in [-0.05, 0) is 64.8 Å². The Morgan fingerprint density at radius 3 is 2.63 bits per heavy atom. The second-order valence-electron chi connectivity index (χ2n) is 9.29. The van der Waals surface area contributed by atoms with Crippen molar-refractivity contribution >= 4 is 23.2 Å². The first-order valence-electron chi connectivity index (χ1n) is 9.46. The first kappa shape index (κ1) is 18.2. The number of nitrogens with two attached hydrogens (primary N) is 1. The number of thiophene rings is 1. The Morgan fingerprint density at radius 2 is 1.93 bits per heavy atom. The molecule has 2 atom stereocenters. The molecule has 1 saturated heterocycles. The van der Waals surface area contributed by atoms with E-state index in [1.165, 1.54) is 17.8 Å². The predicted octanol–water partition coefficient (Wildman–Crippen LogP) is 4.55. The molecule has 5 heteroatoms. The van der Waals surface area contributed by atoms with Crippen molar-refractivity contribution in [1.29, 1.82) is 0 Å². The van der Waals surface area contributed by atoms with Crippen LogP contribution in [0.25, 0.3) is 11.1 Å². The summed E-state index contributed by atoms with van der Waals surface area (Å²) < 4.78 is 0. The highest BCUT2D eigenvalue weighted by atomic mass is 32.1. The molecule has 27 heavy (non-hydrogen) atoms. The lowest BCUT2D eigenvalue weighted by Crippen LogP contribution is -2.37. The predicted molar refractivity (Wildman–Crippen MR) is 109 cm³/mol. The molecule has 0 unspecified atom stereocenters. The highest BCUT2D eigenvalue weighted by Gasteiger charge is 2.51. The standard InChI is InChI=1S/C22H26N2O2S/c1-21(2)9-17-10-22(3,12-21)13-24(17)20(26)15-6-4-5-14(7-15)16-8-18(19(23)25)27-11-16/h4-8,11,17H,9-10,12-13H2,1-3H3,(H2,23,25)/t17-,22-/m1/s1. The first-order chi connectivity index (χ1) is 12.7. The van der Waals surface area contributed by atoms with Crippen LogP contribution in [0.4, 0.5) is 0 Å². The number of hydrogen-bond acceptors (Lipinski definition) is 3. The maximum absolute atomic E-state index is 13.3. The van der Waals surface area contributed by atoms with E-state index in [-0.39, 0.29) is 16.7 Å². The fourth-order valence-corrected chi connectivity index (χ4v) is 6.08. The lowest BCUT2D eigenvalue weighted by atomic mass is 9.65. The Balaban J connectivity index is 1.61. The van der Waals surface area contributed by atoms with Crippen molar-refractivity contribution in [3.8, 4) is 11.1 Å². The summed E-state index contributed by atoms with van der Waals surface area (Å²) in [5.41, 5.74) is 8.46. The smallest absolute Gasteiger partial charge is 0.258 e. The van der Waals surface area contributed by atoms with Crippen LogP contribution in [0, 0.1) is 10.8 Å². The summed E-state index contributed by atoms with van der Waals surface area (Å²) in [7, 11) is 0. The zero-order valence-corrected chi connectivity index (χ0v) is 16.9. The summed E-state index contributed by atoms with van der Waals surface area (Å²) in [5.74, 6) is -0.299. The molecule has 2 aromatic rings. The van der Waals surface area contributed by atoms with Gasteiger partial charge in [0.25, 0.3) is 11.8 Å². The van der Waals surface area contributed by atoms with Gasteiger partial charge in [0.1, 0.15) is 0 Å². The molecular formula is C22H26N2O2S. The number of rotatable bonds is 3. The van der Waals surface area contributed by atoms with E-state index in [1.54, 1.807) is 6.07 Å². The van der Waals surface area contributed by atoms with Gasteiger partial charge in [-0.2, -0.15) is 0 Å². The molecule has 2 N–H and O–H groups in total. The van der Waals surface area contributed by atoms with Crippen LogP contribution in [0.1, 0.15) is 60.1 Å². The summed E-state index contributed by atoms with van der Waals surface area (Å²) in [6.45, 7) is 7.80. The SMILES string of the molecule is CC1(C)C[C@@H]2C[C@@](C)(CN2C(=O)c2cccc(-c3csc(C(N)=O)c3)c2)C1. The normalized spacial score (nSPS) is 26.2. The van der Waals surface area contributed by atoms with E-state index >= 15 is 0 Å². The molecule has 4 nitrogen and oxygen atoms in total. The molecule has 2 fully saturated rings. The summed E-state index contributed by atoms with van der Waals surface area (Å²) in [6.07, 6.45) is 3.35. The van der Waals surface area contributed by atoms with E-state index in [0.29, 0.717) is 16.5 Å². The van der Waals surface area contributed by atoms with Gasteiger partial charge in [0.05, 0.1) is 4.88 Å². The molecule has 0 radical (unpaired) electrons. The highest BCUT2D eigenvalue weighted by Crippen LogP contribution is 2.52. The van der Waals surface area contributed by atoms with Crippen molar-refractivity contribution in [1.82, 2.24) is 4.90 Å². The van der Waals surface area contributed by atoms with E-state index in [4.69, 9.17) is 5.73 Å². The minimum atomic E-state index is -0.418. The highest BCUT2D eigenvalue weighted by molar-refractivity contribution is 7.12. The fraction of sp³-hybridized carbons (Fsp3) is 0.455. The lowest BCUT2D eigenvalue weighted by molar-refractivity contribution is 0.0708. The van der Waals surface area contributed by atoms with Gasteiger partial charge >= 0.3 is 0 Å².